The number of carbonyl (C=O) groups is 1. The van der Waals surface area contributed by atoms with E-state index in [0.29, 0.717) is 6.42 Å². The summed E-state index contributed by atoms with van der Waals surface area (Å²) in [6.07, 6.45) is 0.505. The standard InChI is InChI=1S/C11H14FN3O3/c1-2-7(6-13)11(16)14-9-5-8(12)3-4-10(9)15(17)18/h3-5,7H,2,6,13H2,1H3,(H,14,16). The lowest BCUT2D eigenvalue weighted by atomic mass is 10.1. The number of rotatable bonds is 5. The van der Waals surface area contributed by atoms with Gasteiger partial charge in [-0.05, 0) is 12.5 Å². The lowest BCUT2D eigenvalue weighted by molar-refractivity contribution is -0.384. The van der Waals surface area contributed by atoms with Crippen molar-refractivity contribution in [3.8, 4) is 0 Å². The normalized spacial score (nSPS) is 11.9. The van der Waals surface area contributed by atoms with E-state index in [9.17, 15) is 19.3 Å². The zero-order valence-corrected chi connectivity index (χ0v) is 9.85. The first-order chi connectivity index (χ1) is 8.49. The maximum atomic E-state index is 13.0. The molecule has 7 heteroatoms. The second-order valence-corrected chi connectivity index (χ2v) is 3.75. The van der Waals surface area contributed by atoms with E-state index in [1.54, 1.807) is 6.92 Å². The minimum atomic E-state index is -0.682. The Morgan fingerprint density at radius 2 is 2.28 bits per heavy atom. The molecule has 0 saturated heterocycles. The minimum Gasteiger partial charge on any atom is -0.330 e. The van der Waals surface area contributed by atoms with Crippen LogP contribution in [0.15, 0.2) is 18.2 Å². The molecule has 1 amide bonds. The third kappa shape index (κ3) is 3.24. The number of nitrogens with zero attached hydrogens (tertiary/aromatic N) is 1. The zero-order valence-electron chi connectivity index (χ0n) is 9.85. The van der Waals surface area contributed by atoms with E-state index < -0.39 is 22.6 Å². The number of carbonyl (C=O) groups excluding carboxylic acids is 1. The van der Waals surface area contributed by atoms with Crippen LogP contribution in [-0.2, 0) is 4.79 Å². The first-order valence-electron chi connectivity index (χ1n) is 5.44. The Hall–Kier alpha value is -2.02. The molecule has 1 rings (SSSR count). The molecule has 0 bridgehead atoms. The molecule has 6 nitrogen and oxygen atoms in total. The number of amides is 1. The first kappa shape index (κ1) is 14.0. The van der Waals surface area contributed by atoms with E-state index in [2.05, 4.69) is 5.32 Å². The lowest BCUT2D eigenvalue weighted by Crippen LogP contribution is -2.28. The number of nitro groups is 1. The van der Waals surface area contributed by atoms with Crippen molar-refractivity contribution in [3.05, 3.63) is 34.1 Å². The maximum Gasteiger partial charge on any atom is 0.292 e. The van der Waals surface area contributed by atoms with Gasteiger partial charge < -0.3 is 11.1 Å². The lowest BCUT2D eigenvalue weighted by Gasteiger charge is -2.12. The SMILES string of the molecule is CCC(CN)C(=O)Nc1cc(F)ccc1[N+](=O)[O-]. The molecule has 18 heavy (non-hydrogen) atoms. The topological polar surface area (TPSA) is 98.3 Å². The summed E-state index contributed by atoms with van der Waals surface area (Å²) < 4.78 is 13.0. The van der Waals surface area contributed by atoms with Gasteiger partial charge in [0.05, 0.1) is 10.8 Å². The van der Waals surface area contributed by atoms with Crippen molar-refractivity contribution in [1.82, 2.24) is 0 Å². The van der Waals surface area contributed by atoms with E-state index in [0.717, 1.165) is 18.2 Å². The Bertz CT molecular complexity index is 461. The molecule has 0 fully saturated rings. The third-order valence-electron chi connectivity index (χ3n) is 2.56. The Kier molecular flexibility index (Phi) is 4.73. The highest BCUT2D eigenvalue weighted by Crippen LogP contribution is 2.25. The van der Waals surface area contributed by atoms with Crippen LogP contribution in [0.5, 0.6) is 0 Å². The Balaban J connectivity index is 2.99. The molecule has 0 saturated carbocycles. The van der Waals surface area contributed by atoms with Crippen molar-refractivity contribution >= 4 is 17.3 Å². The molecule has 0 heterocycles. The quantitative estimate of drug-likeness (QED) is 0.617. The molecular weight excluding hydrogens is 241 g/mol. The molecule has 0 aliphatic carbocycles. The molecule has 0 aliphatic rings. The van der Waals surface area contributed by atoms with Crippen molar-refractivity contribution in [2.24, 2.45) is 11.7 Å². The van der Waals surface area contributed by atoms with Gasteiger partial charge in [0.2, 0.25) is 5.91 Å². The van der Waals surface area contributed by atoms with Crippen LogP contribution in [0, 0.1) is 21.8 Å². The summed E-state index contributed by atoms with van der Waals surface area (Å²) in [7, 11) is 0. The van der Waals surface area contributed by atoms with Crippen LogP contribution in [0.2, 0.25) is 0 Å². The summed E-state index contributed by atoms with van der Waals surface area (Å²) in [6, 6.07) is 2.89. The maximum absolute atomic E-state index is 13.0. The van der Waals surface area contributed by atoms with Gasteiger partial charge in [-0.1, -0.05) is 6.92 Å². The van der Waals surface area contributed by atoms with Crippen LogP contribution in [0.3, 0.4) is 0 Å². The van der Waals surface area contributed by atoms with Gasteiger partial charge in [0, 0.05) is 18.7 Å². The first-order valence-corrected chi connectivity index (χ1v) is 5.44. The average Bonchev–Trinajstić information content (AvgIpc) is 2.30. The van der Waals surface area contributed by atoms with E-state index in [1.165, 1.54) is 0 Å². The van der Waals surface area contributed by atoms with Crippen molar-refractivity contribution in [2.45, 2.75) is 13.3 Å². The highest BCUT2D eigenvalue weighted by Gasteiger charge is 2.20. The fourth-order valence-corrected chi connectivity index (χ4v) is 1.46. The zero-order chi connectivity index (χ0) is 13.7. The molecule has 0 spiro atoms. The Morgan fingerprint density at radius 1 is 1.61 bits per heavy atom. The largest absolute Gasteiger partial charge is 0.330 e. The van der Waals surface area contributed by atoms with Gasteiger partial charge in [-0.15, -0.1) is 0 Å². The van der Waals surface area contributed by atoms with Crippen LogP contribution < -0.4 is 11.1 Å². The smallest absolute Gasteiger partial charge is 0.292 e. The molecule has 0 radical (unpaired) electrons. The van der Waals surface area contributed by atoms with Crippen molar-refractivity contribution in [1.29, 1.82) is 0 Å². The summed E-state index contributed by atoms with van der Waals surface area (Å²) >= 11 is 0. The monoisotopic (exact) mass is 255 g/mol. The van der Waals surface area contributed by atoms with Crippen molar-refractivity contribution in [3.63, 3.8) is 0 Å². The molecule has 1 aromatic carbocycles. The minimum absolute atomic E-state index is 0.130. The van der Waals surface area contributed by atoms with Gasteiger partial charge >= 0.3 is 0 Å². The summed E-state index contributed by atoms with van der Waals surface area (Å²) in [5.41, 5.74) is 4.89. The average molecular weight is 255 g/mol. The highest BCUT2D eigenvalue weighted by atomic mass is 19.1. The van der Waals surface area contributed by atoms with Gasteiger partial charge in [-0.25, -0.2) is 4.39 Å². The van der Waals surface area contributed by atoms with Gasteiger partial charge in [-0.3, -0.25) is 14.9 Å². The Labute approximate surface area is 103 Å². The Morgan fingerprint density at radius 3 is 2.78 bits per heavy atom. The highest BCUT2D eigenvalue weighted by molar-refractivity contribution is 5.94. The summed E-state index contributed by atoms with van der Waals surface area (Å²) in [5, 5.41) is 13.1. The van der Waals surface area contributed by atoms with Gasteiger partial charge in [0.1, 0.15) is 11.5 Å². The second kappa shape index (κ2) is 6.06. The molecule has 0 aliphatic heterocycles. The predicted molar refractivity (Wildman–Crippen MR) is 64.5 cm³/mol. The number of hydrogen-bond acceptors (Lipinski definition) is 4. The molecule has 3 N–H and O–H groups in total. The number of anilines is 1. The predicted octanol–water partition coefficient (Wildman–Crippen LogP) is 1.66. The number of benzene rings is 1. The van der Waals surface area contributed by atoms with Crippen molar-refractivity contribution < 1.29 is 14.1 Å². The van der Waals surface area contributed by atoms with Crippen LogP contribution in [0.1, 0.15) is 13.3 Å². The van der Waals surface area contributed by atoms with Crippen LogP contribution >= 0.6 is 0 Å². The molecule has 0 aromatic heterocycles. The van der Waals surface area contributed by atoms with E-state index in [4.69, 9.17) is 5.73 Å². The van der Waals surface area contributed by atoms with Gasteiger partial charge in [0.15, 0.2) is 0 Å². The number of halogens is 1. The van der Waals surface area contributed by atoms with Crippen LogP contribution in [0.4, 0.5) is 15.8 Å². The fraction of sp³-hybridized carbons (Fsp3) is 0.364. The van der Waals surface area contributed by atoms with Crippen molar-refractivity contribution in [2.75, 3.05) is 11.9 Å². The summed E-state index contributed by atoms with van der Waals surface area (Å²) in [4.78, 5) is 21.8. The van der Waals surface area contributed by atoms with Crippen LogP contribution in [0.25, 0.3) is 0 Å². The van der Waals surface area contributed by atoms with Gasteiger partial charge in [-0.2, -0.15) is 0 Å². The molecule has 1 aromatic rings. The molecule has 1 unspecified atom stereocenters. The number of nitrogens with one attached hydrogen (secondary N) is 1. The van der Waals surface area contributed by atoms with E-state index in [1.807, 2.05) is 0 Å². The number of nitrogens with two attached hydrogens (primary N) is 1. The van der Waals surface area contributed by atoms with Crippen LogP contribution in [-0.4, -0.2) is 17.4 Å². The number of nitro benzene ring substituents is 1. The van der Waals surface area contributed by atoms with E-state index >= 15 is 0 Å². The fourth-order valence-electron chi connectivity index (χ4n) is 1.46. The summed E-state index contributed by atoms with van der Waals surface area (Å²) in [6.45, 7) is 1.91. The number of hydrogen-bond donors (Lipinski definition) is 2. The van der Waals surface area contributed by atoms with E-state index in [-0.39, 0.29) is 17.9 Å². The molecular formula is C11H14FN3O3. The second-order valence-electron chi connectivity index (χ2n) is 3.75. The van der Waals surface area contributed by atoms with Gasteiger partial charge in [0.25, 0.3) is 5.69 Å². The molecule has 98 valence electrons. The molecule has 1 atom stereocenters. The summed E-state index contributed by atoms with van der Waals surface area (Å²) in [5.74, 6) is -1.56. The third-order valence-corrected chi connectivity index (χ3v) is 2.56.